The lowest BCUT2D eigenvalue weighted by Crippen LogP contribution is -2.48. The fraction of sp³-hybridized carbons (Fsp3) is 0.308. The molecule has 0 saturated heterocycles. The molecule has 1 aliphatic carbocycles. The Morgan fingerprint density at radius 3 is 2.30 bits per heavy atom. The van der Waals surface area contributed by atoms with Gasteiger partial charge in [-0.25, -0.2) is 4.79 Å². The van der Waals surface area contributed by atoms with Crippen LogP contribution in [0.3, 0.4) is 0 Å². The summed E-state index contributed by atoms with van der Waals surface area (Å²) in [5, 5.41) is 3.08. The van der Waals surface area contributed by atoms with Crippen LogP contribution in [0.4, 0.5) is 10.5 Å². The van der Waals surface area contributed by atoms with Gasteiger partial charge in [0.2, 0.25) is 0 Å². The topological polar surface area (TPSA) is 80.4 Å². The average molecular weight is 467 g/mol. The van der Waals surface area contributed by atoms with Gasteiger partial charge in [0.15, 0.2) is 0 Å². The summed E-state index contributed by atoms with van der Waals surface area (Å²) in [5.74, 6) is 0. The number of nitrogens with zero attached hydrogens (tertiary/aromatic N) is 2. The molecule has 174 valence electrons. The van der Waals surface area contributed by atoms with Gasteiger partial charge in [0, 0.05) is 43.6 Å². The highest BCUT2D eigenvalue weighted by Crippen LogP contribution is 2.29. The summed E-state index contributed by atoms with van der Waals surface area (Å²) >= 11 is 0. The van der Waals surface area contributed by atoms with Crippen LogP contribution in [0.1, 0.15) is 31.2 Å². The minimum atomic E-state index is -0.101. The number of carbonyl (C=O) groups is 1. The summed E-state index contributed by atoms with van der Waals surface area (Å²) in [6.45, 7) is 0.480. The molecule has 3 aromatic rings. The zero-order chi connectivity index (χ0) is 22.5. The molecular formula is C26H31ClN4O2. The molecule has 3 N–H and O–H groups in total. The third-order valence-corrected chi connectivity index (χ3v) is 6.19. The van der Waals surface area contributed by atoms with Crippen LogP contribution in [0, 0.1) is 0 Å². The Bertz CT molecular complexity index is 1110. The molecule has 2 aromatic carbocycles. The quantitative estimate of drug-likeness (QED) is 0.582. The summed E-state index contributed by atoms with van der Waals surface area (Å²) in [7, 11) is 1.73. The number of hydrogen-bond acceptors (Lipinski definition) is 3. The molecule has 1 saturated carbocycles. The van der Waals surface area contributed by atoms with Crippen LogP contribution in [-0.2, 0) is 13.6 Å². The molecule has 0 spiro atoms. The highest BCUT2D eigenvalue weighted by atomic mass is 35.5. The first-order valence-electron chi connectivity index (χ1n) is 11.1. The molecule has 1 aliphatic rings. The zero-order valence-corrected chi connectivity index (χ0v) is 19.6. The van der Waals surface area contributed by atoms with Crippen molar-refractivity contribution in [2.45, 2.75) is 44.3 Å². The first kappa shape index (κ1) is 24.6. The van der Waals surface area contributed by atoms with Crippen LogP contribution in [0.15, 0.2) is 77.7 Å². The molecule has 2 amide bonds. The van der Waals surface area contributed by atoms with Gasteiger partial charge in [0.05, 0.1) is 0 Å². The minimum Gasteiger partial charge on any atom is -0.334 e. The summed E-state index contributed by atoms with van der Waals surface area (Å²) in [6.07, 6.45) is 5.37. The standard InChI is InChI=1S/C26H30N4O2.ClH/c1-29-16-15-21(17-25(29)31)20-7-11-23(12-8-20)30(24-13-9-22(27)10-14-24)26(32)28-18-19-5-3-2-4-6-19;/h2-8,11-12,15-17,22,24H,9-10,13-14,18,27H2,1H3,(H,28,32);1H/t22-,24-;. The Labute approximate surface area is 200 Å². The van der Waals surface area contributed by atoms with Crippen LogP contribution in [0.5, 0.6) is 0 Å². The van der Waals surface area contributed by atoms with Gasteiger partial charge in [-0.05, 0) is 60.6 Å². The van der Waals surface area contributed by atoms with Crippen molar-refractivity contribution in [2.75, 3.05) is 4.90 Å². The third kappa shape index (κ3) is 6.03. The minimum absolute atomic E-state index is 0. The maximum absolute atomic E-state index is 13.3. The van der Waals surface area contributed by atoms with E-state index in [0.717, 1.165) is 48.1 Å². The highest BCUT2D eigenvalue weighted by Gasteiger charge is 2.29. The van der Waals surface area contributed by atoms with E-state index < -0.39 is 0 Å². The van der Waals surface area contributed by atoms with Gasteiger partial charge in [0.25, 0.3) is 5.56 Å². The van der Waals surface area contributed by atoms with Crippen molar-refractivity contribution in [1.82, 2.24) is 9.88 Å². The SMILES string of the molecule is Cl.Cn1ccc(-c2ccc(N(C(=O)NCc3ccccc3)[C@H]3CC[C@H](N)CC3)cc2)cc1=O. The van der Waals surface area contributed by atoms with Crippen molar-refractivity contribution in [2.24, 2.45) is 12.8 Å². The second-order valence-corrected chi connectivity index (χ2v) is 8.49. The van der Waals surface area contributed by atoms with Gasteiger partial charge >= 0.3 is 6.03 Å². The fourth-order valence-electron chi connectivity index (χ4n) is 4.25. The van der Waals surface area contributed by atoms with E-state index in [1.165, 1.54) is 0 Å². The van der Waals surface area contributed by atoms with Crippen LogP contribution in [-0.4, -0.2) is 22.7 Å². The number of halogens is 1. The number of amides is 2. The van der Waals surface area contributed by atoms with Gasteiger partial charge in [-0.15, -0.1) is 12.4 Å². The van der Waals surface area contributed by atoms with E-state index in [-0.39, 0.29) is 36.1 Å². The number of carbonyl (C=O) groups excluding carboxylic acids is 1. The number of aromatic nitrogens is 1. The van der Waals surface area contributed by atoms with E-state index in [4.69, 9.17) is 5.73 Å². The molecule has 0 atom stereocenters. The number of pyridine rings is 1. The molecule has 4 rings (SSSR count). The summed E-state index contributed by atoms with van der Waals surface area (Å²) < 4.78 is 1.55. The molecule has 0 bridgehead atoms. The van der Waals surface area contributed by atoms with E-state index in [1.54, 1.807) is 23.9 Å². The van der Waals surface area contributed by atoms with Crippen molar-refractivity contribution < 1.29 is 4.79 Å². The highest BCUT2D eigenvalue weighted by molar-refractivity contribution is 5.93. The normalized spacial score (nSPS) is 17.6. The third-order valence-electron chi connectivity index (χ3n) is 6.19. The first-order valence-corrected chi connectivity index (χ1v) is 11.1. The van der Waals surface area contributed by atoms with E-state index in [0.29, 0.717) is 6.54 Å². The molecule has 7 heteroatoms. The summed E-state index contributed by atoms with van der Waals surface area (Å²) in [5.41, 5.74) is 9.78. The lowest BCUT2D eigenvalue weighted by Gasteiger charge is -2.36. The maximum atomic E-state index is 13.3. The van der Waals surface area contributed by atoms with Crippen LogP contribution in [0.25, 0.3) is 11.1 Å². The summed E-state index contributed by atoms with van der Waals surface area (Å²) in [6, 6.07) is 21.5. The molecular weight excluding hydrogens is 436 g/mol. The predicted molar refractivity (Wildman–Crippen MR) is 136 cm³/mol. The Balaban J connectivity index is 0.00000306. The largest absolute Gasteiger partial charge is 0.334 e. The average Bonchev–Trinajstić information content (AvgIpc) is 2.82. The second-order valence-electron chi connectivity index (χ2n) is 8.49. The summed E-state index contributed by atoms with van der Waals surface area (Å²) in [4.78, 5) is 27.1. The Hall–Kier alpha value is -3.09. The molecule has 1 aromatic heterocycles. The molecule has 0 unspecified atom stereocenters. The lowest BCUT2D eigenvalue weighted by atomic mass is 9.90. The predicted octanol–water partition coefficient (Wildman–Crippen LogP) is 4.46. The van der Waals surface area contributed by atoms with E-state index in [9.17, 15) is 9.59 Å². The van der Waals surface area contributed by atoms with Gasteiger partial charge in [-0.3, -0.25) is 9.69 Å². The first-order chi connectivity index (χ1) is 15.5. The smallest absolute Gasteiger partial charge is 0.322 e. The van der Waals surface area contributed by atoms with E-state index in [1.807, 2.05) is 65.6 Å². The maximum Gasteiger partial charge on any atom is 0.322 e. The van der Waals surface area contributed by atoms with Crippen molar-refractivity contribution in [3.05, 3.63) is 88.8 Å². The molecule has 0 radical (unpaired) electrons. The number of nitrogens with one attached hydrogen (secondary N) is 1. The lowest BCUT2D eigenvalue weighted by molar-refractivity contribution is 0.240. The molecule has 1 fully saturated rings. The van der Waals surface area contributed by atoms with Crippen LogP contribution in [0.2, 0.25) is 0 Å². The number of rotatable bonds is 5. The number of hydrogen-bond donors (Lipinski definition) is 2. The molecule has 0 aliphatic heterocycles. The number of anilines is 1. The van der Waals surface area contributed by atoms with Gasteiger partial charge in [-0.2, -0.15) is 0 Å². The van der Waals surface area contributed by atoms with E-state index >= 15 is 0 Å². The zero-order valence-electron chi connectivity index (χ0n) is 18.8. The Morgan fingerprint density at radius 2 is 1.67 bits per heavy atom. The second kappa shape index (κ2) is 11.2. The molecule has 6 nitrogen and oxygen atoms in total. The van der Waals surface area contributed by atoms with Crippen molar-refractivity contribution >= 4 is 24.1 Å². The van der Waals surface area contributed by atoms with Crippen LogP contribution < -0.4 is 21.5 Å². The Morgan fingerprint density at radius 1 is 1.00 bits per heavy atom. The van der Waals surface area contributed by atoms with Gasteiger partial charge < -0.3 is 15.6 Å². The van der Waals surface area contributed by atoms with Crippen molar-refractivity contribution in [1.29, 1.82) is 0 Å². The van der Waals surface area contributed by atoms with Crippen LogP contribution >= 0.6 is 12.4 Å². The van der Waals surface area contributed by atoms with Crippen molar-refractivity contribution in [3.63, 3.8) is 0 Å². The van der Waals surface area contributed by atoms with Crippen molar-refractivity contribution in [3.8, 4) is 11.1 Å². The number of nitrogens with two attached hydrogens (primary N) is 1. The van der Waals surface area contributed by atoms with E-state index in [2.05, 4.69) is 5.32 Å². The number of urea groups is 1. The Kier molecular flexibility index (Phi) is 8.31. The monoisotopic (exact) mass is 466 g/mol. The number of aryl methyl sites for hydroxylation is 1. The molecule has 33 heavy (non-hydrogen) atoms. The number of benzene rings is 2. The molecule has 1 heterocycles. The van der Waals surface area contributed by atoms with Gasteiger partial charge in [0.1, 0.15) is 0 Å². The van der Waals surface area contributed by atoms with Gasteiger partial charge in [-0.1, -0.05) is 42.5 Å². The fourth-order valence-corrected chi connectivity index (χ4v) is 4.25.